The number of furan rings is 1. The van der Waals surface area contributed by atoms with E-state index in [0.717, 1.165) is 21.5 Å². The van der Waals surface area contributed by atoms with Crippen LogP contribution in [-0.4, -0.2) is 28.0 Å². The van der Waals surface area contributed by atoms with E-state index in [4.69, 9.17) is 14.1 Å². The molecular formula is C25H20N4O3S. The number of aromatic nitrogens is 3. The second-order valence-electron chi connectivity index (χ2n) is 7.39. The zero-order chi connectivity index (χ0) is 22.9. The van der Waals surface area contributed by atoms with Crippen molar-refractivity contribution in [3.8, 4) is 21.8 Å². The third kappa shape index (κ3) is 3.96. The van der Waals surface area contributed by atoms with Gasteiger partial charge in [-0.1, -0.05) is 42.5 Å². The van der Waals surface area contributed by atoms with E-state index in [1.165, 1.54) is 18.4 Å². The van der Waals surface area contributed by atoms with Crippen molar-refractivity contribution in [3.05, 3.63) is 77.8 Å². The number of anilines is 2. The lowest BCUT2D eigenvalue weighted by Crippen LogP contribution is -2.04. The van der Waals surface area contributed by atoms with Gasteiger partial charge in [0, 0.05) is 11.6 Å². The molecule has 0 bridgehead atoms. The van der Waals surface area contributed by atoms with E-state index in [0.29, 0.717) is 39.4 Å². The number of carbonyl (C=O) groups is 1. The molecule has 0 atom stereocenters. The summed E-state index contributed by atoms with van der Waals surface area (Å²) in [5.74, 6) is 1.49. The van der Waals surface area contributed by atoms with Crippen LogP contribution in [0.5, 0.6) is 0 Å². The summed E-state index contributed by atoms with van der Waals surface area (Å²) in [5.41, 5.74) is 3.50. The van der Waals surface area contributed by atoms with Gasteiger partial charge in [0.2, 0.25) is 5.88 Å². The molecule has 0 spiro atoms. The Labute approximate surface area is 194 Å². The van der Waals surface area contributed by atoms with E-state index in [1.54, 1.807) is 6.92 Å². The first-order valence-electron chi connectivity index (χ1n) is 10.3. The summed E-state index contributed by atoms with van der Waals surface area (Å²) in [4.78, 5) is 26.5. The number of hydrogen-bond donors (Lipinski definition) is 1. The van der Waals surface area contributed by atoms with Crippen LogP contribution in [0.3, 0.4) is 0 Å². The van der Waals surface area contributed by atoms with E-state index >= 15 is 0 Å². The van der Waals surface area contributed by atoms with E-state index in [-0.39, 0.29) is 0 Å². The van der Waals surface area contributed by atoms with Crippen LogP contribution in [-0.2, 0) is 4.74 Å². The number of para-hydroxylation sites is 1. The molecule has 0 unspecified atom stereocenters. The molecule has 7 nitrogen and oxygen atoms in total. The van der Waals surface area contributed by atoms with Crippen LogP contribution in [0, 0.1) is 13.8 Å². The molecular weight excluding hydrogens is 436 g/mol. The number of nitrogens with zero attached hydrogens (tertiary/aromatic N) is 3. The topological polar surface area (TPSA) is 90.1 Å². The van der Waals surface area contributed by atoms with Crippen LogP contribution in [0.1, 0.15) is 21.9 Å². The minimum atomic E-state index is -0.484. The van der Waals surface area contributed by atoms with Crippen LogP contribution in [0.2, 0.25) is 0 Å². The van der Waals surface area contributed by atoms with Crippen molar-refractivity contribution in [2.75, 3.05) is 12.4 Å². The standard InChI is InChI=1S/C25H20N4O3S/c1-14-21(25(30)31-3)22(24-28-17-11-7-8-12-19(17)33-24)23(32-14)29-20-13-18(26-15(2)27-20)16-9-5-4-6-10-16/h4-13H,1-3H3,(H,26,27,29). The number of nitrogens with one attached hydrogen (secondary N) is 1. The summed E-state index contributed by atoms with van der Waals surface area (Å²) >= 11 is 1.48. The SMILES string of the molecule is COC(=O)c1c(C)oc(Nc2cc(-c3ccccc3)nc(C)n2)c1-c1nc2ccccc2s1. The molecule has 0 saturated carbocycles. The molecule has 33 heavy (non-hydrogen) atoms. The fraction of sp³-hybridized carbons (Fsp3) is 0.120. The molecule has 2 aromatic carbocycles. The normalized spacial score (nSPS) is 11.0. The van der Waals surface area contributed by atoms with Crippen molar-refractivity contribution in [2.45, 2.75) is 13.8 Å². The monoisotopic (exact) mass is 456 g/mol. The number of fused-ring (bicyclic) bond motifs is 1. The van der Waals surface area contributed by atoms with Crippen LogP contribution >= 0.6 is 11.3 Å². The van der Waals surface area contributed by atoms with Gasteiger partial charge in [0.1, 0.15) is 28.0 Å². The van der Waals surface area contributed by atoms with Crippen LogP contribution in [0.15, 0.2) is 65.1 Å². The largest absolute Gasteiger partial charge is 0.465 e. The lowest BCUT2D eigenvalue weighted by Gasteiger charge is -2.08. The van der Waals surface area contributed by atoms with Crippen molar-refractivity contribution in [3.63, 3.8) is 0 Å². The van der Waals surface area contributed by atoms with Gasteiger partial charge in [0.25, 0.3) is 0 Å². The summed E-state index contributed by atoms with van der Waals surface area (Å²) in [6.45, 7) is 3.56. The Balaban J connectivity index is 1.64. The zero-order valence-corrected chi connectivity index (χ0v) is 19.1. The molecule has 0 fully saturated rings. The predicted molar refractivity (Wildman–Crippen MR) is 129 cm³/mol. The average Bonchev–Trinajstić information content (AvgIpc) is 3.39. The summed E-state index contributed by atoms with van der Waals surface area (Å²) in [6.07, 6.45) is 0. The van der Waals surface area contributed by atoms with Crippen molar-refractivity contribution >= 4 is 39.2 Å². The summed E-state index contributed by atoms with van der Waals surface area (Å²) in [6, 6.07) is 19.5. The molecule has 0 aliphatic rings. The minimum absolute atomic E-state index is 0.341. The molecule has 1 N–H and O–H groups in total. The summed E-state index contributed by atoms with van der Waals surface area (Å²) in [5, 5.41) is 3.91. The Morgan fingerprint density at radius 3 is 2.52 bits per heavy atom. The Bertz CT molecular complexity index is 1440. The number of aryl methyl sites for hydroxylation is 2. The number of methoxy groups -OCH3 is 1. The number of carbonyl (C=O) groups excluding carboxylic acids is 1. The quantitative estimate of drug-likeness (QED) is 0.317. The van der Waals surface area contributed by atoms with Gasteiger partial charge in [-0.3, -0.25) is 0 Å². The van der Waals surface area contributed by atoms with Gasteiger partial charge in [0.05, 0.1) is 28.6 Å². The van der Waals surface area contributed by atoms with Gasteiger partial charge in [-0.15, -0.1) is 11.3 Å². The van der Waals surface area contributed by atoms with Crippen LogP contribution in [0.25, 0.3) is 32.0 Å². The maximum atomic E-state index is 12.6. The number of benzene rings is 2. The zero-order valence-electron chi connectivity index (χ0n) is 18.2. The Kier molecular flexibility index (Phi) is 5.35. The number of ether oxygens (including phenoxy) is 1. The third-order valence-corrected chi connectivity index (χ3v) is 6.18. The van der Waals surface area contributed by atoms with Gasteiger partial charge in [-0.25, -0.2) is 19.7 Å². The van der Waals surface area contributed by atoms with Crippen molar-refractivity contribution in [2.24, 2.45) is 0 Å². The number of hydrogen-bond acceptors (Lipinski definition) is 8. The smallest absolute Gasteiger partial charge is 0.342 e. The van der Waals surface area contributed by atoms with Crippen molar-refractivity contribution in [1.82, 2.24) is 15.0 Å². The molecule has 0 amide bonds. The van der Waals surface area contributed by atoms with Crippen molar-refractivity contribution < 1.29 is 13.9 Å². The van der Waals surface area contributed by atoms with E-state index < -0.39 is 5.97 Å². The molecule has 0 radical (unpaired) electrons. The molecule has 164 valence electrons. The van der Waals surface area contributed by atoms with Gasteiger partial charge < -0.3 is 14.5 Å². The maximum Gasteiger partial charge on any atom is 0.342 e. The van der Waals surface area contributed by atoms with Crippen LogP contribution in [0.4, 0.5) is 11.7 Å². The number of rotatable bonds is 5. The molecule has 3 aromatic heterocycles. The Hall–Kier alpha value is -4.04. The molecule has 3 heterocycles. The third-order valence-electron chi connectivity index (χ3n) is 5.13. The van der Waals surface area contributed by atoms with Crippen LogP contribution < -0.4 is 5.32 Å². The maximum absolute atomic E-state index is 12.6. The molecule has 0 aliphatic heterocycles. The highest BCUT2D eigenvalue weighted by atomic mass is 32.1. The van der Waals surface area contributed by atoms with Gasteiger partial charge in [-0.2, -0.15) is 0 Å². The van der Waals surface area contributed by atoms with Gasteiger partial charge >= 0.3 is 5.97 Å². The number of thiazole rings is 1. The minimum Gasteiger partial charge on any atom is -0.465 e. The first kappa shape index (κ1) is 20.8. The van der Waals surface area contributed by atoms with E-state index in [2.05, 4.69) is 15.3 Å². The first-order valence-corrected chi connectivity index (χ1v) is 11.1. The highest BCUT2D eigenvalue weighted by molar-refractivity contribution is 7.21. The van der Waals surface area contributed by atoms with Gasteiger partial charge in [0.15, 0.2) is 0 Å². The lowest BCUT2D eigenvalue weighted by atomic mass is 10.1. The molecule has 0 aliphatic carbocycles. The fourth-order valence-corrected chi connectivity index (χ4v) is 4.68. The second-order valence-corrected chi connectivity index (χ2v) is 8.42. The Morgan fingerprint density at radius 2 is 1.76 bits per heavy atom. The summed E-state index contributed by atoms with van der Waals surface area (Å²) < 4.78 is 12.1. The molecule has 8 heteroatoms. The fourth-order valence-electron chi connectivity index (χ4n) is 3.67. The molecule has 5 aromatic rings. The number of esters is 1. The van der Waals surface area contributed by atoms with E-state index in [9.17, 15) is 4.79 Å². The average molecular weight is 457 g/mol. The summed E-state index contributed by atoms with van der Waals surface area (Å²) in [7, 11) is 1.35. The predicted octanol–water partition coefficient (Wildman–Crippen LogP) is 6.16. The Morgan fingerprint density at radius 1 is 1.00 bits per heavy atom. The molecule has 0 saturated heterocycles. The van der Waals surface area contributed by atoms with E-state index in [1.807, 2.05) is 67.6 Å². The lowest BCUT2D eigenvalue weighted by molar-refractivity contribution is 0.0599. The highest BCUT2D eigenvalue weighted by Crippen LogP contribution is 2.41. The van der Waals surface area contributed by atoms with Gasteiger partial charge in [-0.05, 0) is 26.0 Å². The second kappa shape index (κ2) is 8.48. The highest BCUT2D eigenvalue weighted by Gasteiger charge is 2.28. The van der Waals surface area contributed by atoms with Crippen molar-refractivity contribution in [1.29, 1.82) is 0 Å². The molecule has 5 rings (SSSR count). The first-order chi connectivity index (χ1) is 16.0.